The number of hydrogen-bond acceptors (Lipinski definition) is 5. The Labute approximate surface area is 126 Å². The Morgan fingerprint density at radius 3 is 1.91 bits per heavy atom. The van der Waals surface area contributed by atoms with Crippen molar-refractivity contribution in [3.8, 4) is 0 Å². The molecule has 0 saturated heterocycles. The molecule has 0 rings (SSSR count). The lowest BCUT2D eigenvalue weighted by Gasteiger charge is -2.14. The number of ketones is 1. The Hall–Kier alpha value is -2.45. The van der Waals surface area contributed by atoms with Gasteiger partial charge in [-0.3, -0.25) is 19.2 Å². The monoisotopic (exact) mass is 317 g/mol. The van der Waals surface area contributed by atoms with Crippen LogP contribution in [-0.2, 0) is 24.0 Å². The topological polar surface area (TPSA) is 158 Å². The molecule has 0 aromatic heterocycles. The van der Waals surface area contributed by atoms with Gasteiger partial charge >= 0.3 is 17.9 Å². The normalized spacial score (nSPS) is 13.0. The molecule has 2 atom stereocenters. The maximum atomic E-state index is 11.7. The molecule has 0 aliphatic heterocycles. The zero-order valence-corrected chi connectivity index (χ0v) is 12.1. The van der Waals surface area contributed by atoms with Crippen molar-refractivity contribution in [1.82, 2.24) is 5.32 Å². The van der Waals surface area contributed by atoms with Crippen LogP contribution in [0.3, 0.4) is 0 Å². The zero-order chi connectivity index (χ0) is 17.3. The van der Waals surface area contributed by atoms with Crippen molar-refractivity contribution >= 4 is 29.6 Å². The van der Waals surface area contributed by atoms with E-state index in [2.05, 4.69) is 5.32 Å². The van der Waals surface area contributed by atoms with Gasteiger partial charge in [0.1, 0.15) is 11.8 Å². The first-order chi connectivity index (χ1) is 10.1. The second-order valence-corrected chi connectivity index (χ2v) is 4.84. The molecule has 0 aliphatic rings. The van der Waals surface area contributed by atoms with Crippen LogP contribution in [0.15, 0.2) is 0 Å². The van der Waals surface area contributed by atoms with Crippen molar-refractivity contribution in [3.05, 3.63) is 0 Å². The van der Waals surface area contributed by atoms with E-state index in [0.29, 0.717) is 0 Å². The number of carboxylic acid groups (broad SMARTS) is 3. The fourth-order valence-corrected chi connectivity index (χ4v) is 1.80. The van der Waals surface area contributed by atoms with Crippen molar-refractivity contribution < 1.29 is 39.3 Å². The second-order valence-electron chi connectivity index (χ2n) is 4.84. The van der Waals surface area contributed by atoms with Crippen LogP contribution in [0.25, 0.3) is 0 Å². The van der Waals surface area contributed by atoms with Crippen LogP contribution in [0, 0.1) is 5.92 Å². The summed E-state index contributed by atoms with van der Waals surface area (Å²) in [7, 11) is 0. The summed E-state index contributed by atoms with van der Waals surface area (Å²) in [6, 6.07) is -1.22. The number of nitrogens with one attached hydrogen (secondary N) is 1. The van der Waals surface area contributed by atoms with Gasteiger partial charge in [-0.05, 0) is 12.8 Å². The predicted molar refractivity (Wildman–Crippen MR) is 72.1 cm³/mol. The zero-order valence-electron chi connectivity index (χ0n) is 12.1. The van der Waals surface area contributed by atoms with Crippen molar-refractivity contribution in [2.75, 3.05) is 0 Å². The number of hydrogen-bond donors (Lipinski definition) is 4. The maximum absolute atomic E-state index is 11.7. The summed E-state index contributed by atoms with van der Waals surface area (Å²) < 4.78 is 0. The Bertz CT molecular complexity index is 459. The molecule has 4 N–H and O–H groups in total. The molecular formula is C13H19NO8. The highest BCUT2D eigenvalue weighted by Gasteiger charge is 2.24. The highest BCUT2D eigenvalue weighted by atomic mass is 16.4. The summed E-state index contributed by atoms with van der Waals surface area (Å²) in [5, 5.41) is 28.5. The van der Waals surface area contributed by atoms with Gasteiger partial charge in [-0.2, -0.15) is 0 Å². The fraction of sp³-hybridized carbons (Fsp3) is 0.615. The summed E-state index contributed by atoms with van der Waals surface area (Å²) in [6.07, 6.45) is -1.28. The molecule has 0 aliphatic carbocycles. The van der Waals surface area contributed by atoms with Crippen LogP contribution >= 0.6 is 0 Å². The van der Waals surface area contributed by atoms with Crippen LogP contribution in [-0.4, -0.2) is 51.0 Å². The van der Waals surface area contributed by atoms with E-state index in [-0.39, 0.29) is 32.1 Å². The molecule has 9 nitrogen and oxygen atoms in total. The lowest BCUT2D eigenvalue weighted by molar-refractivity contribution is -0.145. The second kappa shape index (κ2) is 9.48. The first-order valence-electron chi connectivity index (χ1n) is 6.59. The van der Waals surface area contributed by atoms with E-state index in [9.17, 15) is 24.0 Å². The van der Waals surface area contributed by atoms with Crippen molar-refractivity contribution in [3.63, 3.8) is 0 Å². The number of carbonyl (C=O) groups excluding carboxylic acids is 2. The molecule has 0 heterocycles. The largest absolute Gasteiger partial charge is 0.481 e. The molecule has 0 radical (unpaired) electrons. The van der Waals surface area contributed by atoms with Crippen LogP contribution in [0.5, 0.6) is 0 Å². The van der Waals surface area contributed by atoms with Gasteiger partial charge in [0.2, 0.25) is 5.91 Å². The van der Waals surface area contributed by atoms with E-state index < -0.39 is 41.6 Å². The number of amides is 1. The molecule has 0 aromatic rings. The van der Waals surface area contributed by atoms with Crippen molar-refractivity contribution in [1.29, 1.82) is 0 Å². The first kappa shape index (κ1) is 19.6. The molecule has 0 unspecified atom stereocenters. The van der Waals surface area contributed by atoms with Gasteiger partial charge < -0.3 is 20.6 Å². The van der Waals surface area contributed by atoms with E-state index in [1.807, 2.05) is 0 Å². The average molecular weight is 317 g/mol. The number of carboxylic acids is 3. The summed E-state index contributed by atoms with van der Waals surface area (Å²) in [5.74, 6) is -5.88. The van der Waals surface area contributed by atoms with Gasteiger partial charge in [0.25, 0.3) is 0 Å². The van der Waals surface area contributed by atoms with Crippen LogP contribution < -0.4 is 5.32 Å². The van der Waals surface area contributed by atoms with E-state index in [1.165, 1.54) is 0 Å². The number of rotatable bonds is 11. The van der Waals surface area contributed by atoms with E-state index in [0.717, 1.165) is 6.92 Å². The lowest BCUT2D eigenvalue weighted by Crippen LogP contribution is -2.39. The Balaban J connectivity index is 4.44. The first-order valence-corrected chi connectivity index (χ1v) is 6.59. The van der Waals surface area contributed by atoms with Crippen LogP contribution in [0.1, 0.15) is 39.0 Å². The Kier molecular flexibility index (Phi) is 8.42. The standard InChI is InChI=1S/C13H19NO8/c1-7(15)14-10(13(21)22)4-3-9(16)6-8(12(19)20)2-5-11(17)18/h8,10H,2-6H2,1H3,(H,14,15)(H,17,18)(H,19,20)(H,21,22)/t8-,10+/m1/s1. The van der Waals surface area contributed by atoms with Gasteiger partial charge in [-0.25, -0.2) is 4.79 Å². The molecule has 1 amide bonds. The van der Waals surface area contributed by atoms with Gasteiger partial charge in [-0.1, -0.05) is 0 Å². The third-order valence-electron chi connectivity index (χ3n) is 2.92. The minimum atomic E-state index is -1.29. The minimum Gasteiger partial charge on any atom is -0.481 e. The highest BCUT2D eigenvalue weighted by molar-refractivity contribution is 5.86. The van der Waals surface area contributed by atoms with Gasteiger partial charge in [-0.15, -0.1) is 0 Å². The van der Waals surface area contributed by atoms with Gasteiger partial charge in [0.05, 0.1) is 5.92 Å². The number of aliphatic carboxylic acids is 3. The molecule has 0 fully saturated rings. The summed E-state index contributed by atoms with van der Waals surface area (Å²) in [5.41, 5.74) is 0. The molecular weight excluding hydrogens is 298 g/mol. The quantitative estimate of drug-likeness (QED) is 0.410. The van der Waals surface area contributed by atoms with Crippen molar-refractivity contribution in [2.24, 2.45) is 5.92 Å². The Morgan fingerprint density at radius 2 is 1.50 bits per heavy atom. The molecule has 0 bridgehead atoms. The van der Waals surface area contributed by atoms with Crippen LogP contribution in [0.2, 0.25) is 0 Å². The average Bonchev–Trinajstić information content (AvgIpc) is 2.37. The van der Waals surface area contributed by atoms with Gasteiger partial charge in [0.15, 0.2) is 0 Å². The molecule has 9 heteroatoms. The molecule has 0 aromatic carbocycles. The summed E-state index contributed by atoms with van der Waals surface area (Å²) in [4.78, 5) is 54.8. The van der Waals surface area contributed by atoms with Crippen LogP contribution in [0.4, 0.5) is 0 Å². The van der Waals surface area contributed by atoms with Crippen molar-refractivity contribution in [2.45, 2.75) is 45.1 Å². The lowest BCUT2D eigenvalue weighted by atomic mass is 9.94. The summed E-state index contributed by atoms with van der Waals surface area (Å²) in [6.45, 7) is 1.14. The SMILES string of the molecule is CC(=O)N[C@@H](CCC(=O)C[C@@H](CCC(=O)O)C(=O)O)C(=O)O. The molecule has 0 saturated carbocycles. The fourth-order valence-electron chi connectivity index (χ4n) is 1.80. The van der Waals surface area contributed by atoms with E-state index >= 15 is 0 Å². The minimum absolute atomic E-state index is 0.154. The Morgan fingerprint density at radius 1 is 0.909 bits per heavy atom. The third-order valence-corrected chi connectivity index (χ3v) is 2.92. The molecule has 22 heavy (non-hydrogen) atoms. The summed E-state index contributed by atoms with van der Waals surface area (Å²) >= 11 is 0. The van der Waals surface area contributed by atoms with Gasteiger partial charge in [0, 0.05) is 26.2 Å². The maximum Gasteiger partial charge on any atom is 0.326 e. The van der Waals surface area contributed by atoms with E-state index in [1.54, 1.807) is 0 Å². The molecule has 0 spiro atoms. The third kappa shape index (κ3) is 8.67. The number of Topliss-reactive ketones (excluding diaryl/α,β-unsaturated/α-hetero) is 1. The smallest absolute Gasteiger partial charge is 0.326 e. The number of carbonyl (C=O) groups is 5. The predicted octanol–water partition coefficient (Wildman–Crippen LogP) is -0.119. The highest BCUT2D eigenvalue weighted by Crippen LogP contribution is 2.14. The molecule has 124 valence electrons. The van der Waals surface area contributed by atoms with E-state index in [4.69, 9.17) is 15.3 Å².